The molecule has 1 aliphatic rings. The van der Waals surface area contributed by atoms with Crippen molar-refractivity contribution in [2.24, 2.45) is 5.10 Å². The third-order valence-corrected chi connectivity index (χ3v) is 4.71. The summed E-state index contributed by atoms with van der Waals surface area (Å²) >= 11 is 0. The molecule has 7 nitrogen and oxygen atoms in total. The van der Waals surface area contributed by atoms with E-state index in [9.17, 15) is 9.59 Å². The van der Waals surface area contributed by atoms with Crippen molar-refractivity contribution in [1.29, 1.82) is 0 Å². The molecule has 1 aromatic heterocycles. The van der Waals surface area contributed by atoms with Gasteiger partial charge in [0, 0.05) is 24.1 Å². The van der Waals surface area contributed by atoms with Crippen molar-refractivity contribution in [3.63, 3.8) is 0 Å². The Morgan fingerprint density at radius 1 is 1.21 bits per heavy atom. The summed E-state index contributed by atoms with van der Waals surface area (Å²) in [6.45, 7) is 4.45. The molecule has 0 bridgehead atoms. The van der Waals surface area contributed by atoms with E-state index in [4.69, 9.17) is 9.15 Å². The maximum Gasteiger partial charge on any atom is 0.287 e. The first-order valence-electron chi connectivity index (χ1n) is 9.47. The highest BCUT2D eigenvalue weighted by Crippen LogP contribution is 2.30. The molecular formula is C21H25N3O4. The van der Waals surface area contributed by atoms with Crippen LogP contribution < -0.4 is 15.5 Å². The average Bonchev–Trinajstić information content (AvgIpc) is 3.07. The summed E-state index contributed by atoms with van der Waals surface area (Å²) in [6, 6.07) is 6.97. The Bertz CT molecular complexity index is 914. The quantitative estimate of drug-likeness (QED) is 0.749. The number of para-hydroxylation sites is 1. The van der Waals surface area contributed by atoms with Gasteiger partial charge in [0.1, 0.15) is 11.5 Å². The molecule has 2 aromatic rings. The fourth-order valence-electron chi connectivity index (χ4n) is 3.33. The van der Waals surface area contributed by atoms with Crippen molar-refractivity contribution in [3.05, 3.63) is 52.5 Å². The zero-order chi connectivity index (χ0) is 20.1. The zero-order valence-corrected chi connectivity index (χ0v) is 16.4. The molecule has 0 spiro atoms. The Hall–Kier alpha value is -3.09. The minimum absolute atomic E-state index is 0.217. The Labute approximate surface area is 164 Å². The fourth-order valence-corrected chi connectivity index (χ4v) is 3.33. The molecule has 0 aliphatic heterocycles. The number of hydrazone groups is 1. The smallest absolute Gasteiger partial charge is 0.287 e. The second-order valence-corrected chi connectivity index (χ2v) is 6.66. The number of carbonyl (C=O) groups excluding carboxylic acids is 2. The van der Waals surface area contributed by atoms with Crippen molar-refractivity contribution in [2.45, 2.75) is 39.5 Å². The summed E-state index contributed by atoms with van der Waals surface area (Å²) in [5.41, 5.74) is 5.33. The van der Waals surface area contributed by atoms with Gasteiger partial charge < -0.3 is 14.5 Å². The molecule has 2 amide bonds. The Morgan fingerprint density at radius 2 is 2.00 bits per heavy atom. The molecule has 28 heavy (non-hydrogen) atoms. The number of hydrogen-bond donors (Lipinski definition) is 2. The van der Waals surface area contributed by atoms with Gasteiger partial charge in [-0.1, -0.05) is 19.1 Å². The number of rotatable bonds is 6. The molecule has 0 radical (unpaired) electrons. The van der Waals surface area contributed by atoms with Crippen molar-refractivity contribution < 1.29 is 18.7 Å². The minimum atomic E-state index is -0.348. The third kappa shape index (κ3) is 3.93. The Kier molecular flexibility index (Phi) is 6.13. The lowest BCUT2D eigenvalue weighted by Crippen LogP contribution is -2.24. The lowest BCUT2D eigenvalue weighted by atomic mass is 9.93. The molecule has 0 saturated carbocycles. The van der Waals surface area contributed by atoms with Gasteiger partial charge in [0.2, 0.25) is 0 Å². The van der Waals surface area contributed by atoms with Crippen LogP contribution in [0.25, 0.3) is 0 Å². The van der Waals surface area contributed by atoms with Gasteiger partial charge in [0.25, 0.3) is 11.8 Å². The van der Waals surface area contributed by atoms with E-state index >= 15 is 0 Å². The van der Waals surface area contributed by atoms with Gasteiger partial charge in [-0.25, -0.2) is 5.43 Å². The van der Waals surface area contributed by atoms with E-state index in [1.165, 1.54) is 7.11 Å². The topological polar surface area (TPSA) is 92.9 Å². The highest BCUT2D eigenvalue weighted by molar-refractivity contribution is 6.07. The van der Waals surface area contributed by atoms with E-state index in [1.807, 2.05) is 13.8 Å². The summed E-state index contributed by atoms with van der Waals surface area (Å²) in [5.74, 6) is 0.990. The summed E-state index contributed by atoms with van der Waals surface area (Å²) in [4.78, 5) is 24.9. The fraction of sp³-hybridized carbons (Fsp3) is 0.381. The monoisotopic (exact) mass is 383 g/mol. The van der Waals surface area contributed by atoms with Gasteiger partial charge in [-0.3, -0.25) is 9.59 Å². The molecule has 7 heteroatoms. The molecule has 1 heterocycles. The summed E-state index contributed by atoms with van der Waals surface area (Å²) in [6.07, 6.45) is 3.15. The van der Waals surface area contributed by atoms with Crippen LogP contribution in [0.1, 0.15) is 64.0 Å². The summed E-state index contributed by atoms with van der Waals surface area (Å²) < 4.78 is 11.1. The number of nitrogens with zero attached hydrogens (tertiary/aromatic N) is 1. The van der Waals surface area contributed by atoms with Crippen LogP contribution in [0, 0.1) is 6.92 Å². The van der Waals surface area contributed by atoms with Crippen molar-refractivity contribution >= 4 is 17.5 Å². The van der Waals surface area contributed by atoms with Gasteiger partial charge >= 0.3 is 0 Å². The van der Waals surface area contributed by atoms with Crippen LogP contribution in [0.2, 0.25) is 0 Å². The van der Waals surface area contributed by atoms with E-state index in [-0.39, 0.29) is 11.8 Å². The van der Waals surface area contributed by atoms with Gasteiger partial charge in [0.15, 0.2) is 5.76 Å². The number of aryl methyl sites for hydroxylation is 1. The van der Waals surface area contributed by atoms with Crippen molar-refractivity contribution in [1.82, 2.24) is 10.7 Å². The normalized spacial score (nSPS) is 14.5. The molecule has 0 unspecified atom stereocenters. The minimum Gasteiger partial charge on any atom is -0.496 e. The van der Waals surface area contributed by atoms with Gasteiger partial charge in [0.05, 0.1) is 18.4 Å². The average molecular weight is 383 g/mol. The van der Waals surface area contributed by atoms with E-state index < -0.39 is 0 Å². The van der Waals surface area contributed by atoms with Gasteiger partial charge in [-0.05, 0) is 38.3 Å². The number of methoxy groups -OCH3 is 1. The lowest BCUT2D eigenvalue weighted by molar-refractivity contribution is 0.0921. The number of furan rings is 1. The number of ether oxygens (including phenoxy) is 1. The maximum absolute atomic E-state index is 12.5. The van der Waals surface area contributed by atoms with Crippen LogP contribution in [-0.4, -0.2) is 31.2 Å². The Balaban J connectivity index is 1.84. The first-order valence-corrected chi connectivity index (χ1v) is 9.47. The van der Waals surface area contributed by atoms with Crippen LogP contribution >= 0.6 is 0 Å². The number of benzene rings is 1. The number of nitrogens with one attached hydrogen (secondary N) is 2. The van der Waals surface area contributed by atoms with Gasteiger partial charge in [-0.2, -0.15) is 5.10 Å². The maximum atomic E-state index is 12.5. The number of fused-ring (bicyclic) bond motifs is 1. The van der Waals surface area contributed by atoms with Crippen molar-refractivity contribution in [3.8, 4) is 5.75 Å². The molecular weight excluding hydrogens is 358 g/mol. The molecule has 2 N–H and O–H groups in total. The lowest BCUT2D eigenvalue weighted by Gasteiger charge is -2.14. The SMILES string of the molecule is CCCNC(=O)c1oc2c(c1C)/C(=N/NC(=O)c1ccccc1OC)CCC2. The number of carbonyl (C=O) groups is 2. The highest BCUT2D eigenvalue weighted by atomic mass is 16.5. The van der Waals surface area contributed by atoms with Crippen LogP contribution in [-0.2, 0) is 6.42 Å². The first kappa shape index (κ1) is 19.7. The standard InChI is InChI=1S/C21H25N3O4/c1-4-12-22-21(26)19-13(2)18-15(9-7-11-17(18)28-19)23-24-20(25)14-8-5-6-10-16(14)27-3/h5-6,8,10H,4,7,9,11-12H2,1-3H3,(H,22,26)(H,24,25)/b23-15+. The molecule has 1 aromatic carbocycles. The van der Waals surface area contributed by atoms with E-state index in [0.717, 1.165) is 41.9 Å². The van der Waals surface area contributed by atoms with Crippen molar-refractivity contribution in [2.75, 3.05) is 13.7 Å². The van der Waals surface area contributed by atoms with Gasteiger partial charge in [-0.15, -0.1) is 0 Å². The highest BCUT2D eigenvalue weighted by Gasteiger charge is 2.28. The predicted molar refractivity (Wildman–Crippen MR) is 106 cm³/mol. The summed E-state index contributed by atoms with van der Waals surface area (Å²) in [7, 11) is 1.52. The van der Waals surface area contributed by atoms with E-state index in [0.29, 0.717) is 30.0 Å². The molecule has 1 aliphatic carbocycles. The third-order valence-electron chi connectivity index (χ3n) is 4.71. The number of hydrogen-bond acceptors (Lipinski definition) is 5. The van der Waals surface area contributed by atoms with Crippen LogP contribution in [0.3, 0.4) is 0 Å². The molecule has 3 rings (SSSR count). The second-order valence-electron chi connectivity index (χ2n) is 6.66. The largest absolute Gasteiger partial charge is 0.496 e. The Morgan fingerprint density at radius 3 is 2.75 bits per heavy atom. The van der Waals surface area contributed by atoms with Crippen LogP contribution in [0.4, 0.5) is 0 Å². The second kappa shape index (κ2) is 8.73. The van der Waals surface area contributed by atoms with Crippen LogP contribution in [0.5, 0.6) is 5.75 Å². The predicted octanol–water partition coefficient (Wildman–Crippen LogP) is 3.21. The van der Waals surface area contributed by atoms with E-state index in [2.05, 4.69) is 15.8 Å². The molecule has 0 fully saturated rings. The molecule has 0 atom stereocenters. The zero-order valence-electron chi connectivity index (χ0n) is 16.4. The van der Waals surface area contributed by atoms with Crippen LogP contribution in [0.15, 0.2) is 33.8 Å². The molecule has 0 saturated heterocycles. The first-order chi connectivity index (χ1) is 13.6. The molecule has 148 valence electrons. The van der Waals surface area contributed by atoms with E-state index in [1.54, 1.807) is 24.3 Å². The number of amides is 2. The summed E-state index contributed by atoms with van der Waals surface area (Å²) in [5, 5.41) is 7.18.